The second-order valence-electron chi connectivity index (χ2n) is 8.41. The van der Waals surface area contributed by atoms with Crippen LogP contribution in [-0.2, 0) is 14.4 Å². The van der Waals surface area contributed by atoms with Gasteiger partial charge < -0.3 is 25.4 Å². The van der Waals surface area contributed by atoms with Gasteiger partial charge in [-0.2, -0.15) is 0 Å². The van der Waals surface area contributed by atoms with Gasteiger partial charge in [0.2, 0.25) is 5.91 Å². The summed E-state index contributed by atoms with van der Waals surface area (Å²) in [6.45, 7) is 1.22. The van der Waals surface area contributed by atoms with Gasteiger partial charge in [0.05, 0.1) is 7.11 Å². The minimum atomic E-state index is -0.697. The summed E-state index contributed by atoms with van der Waals surface area (Å²) in [5.74, 6) is -0.812. The van der Waals surface area contributed by atoms with Crippen LogP contribution in [0.25, 0.3) is 6.08 Å². The Morgan fingerprint density at radius 1 is 0.895 bits per heavy atom. The number of carbonyl (C=O) groups is 4. The predicted octanol–water partition coefficient (Wildman–Crippen LogP) is 3.55. The number of benzene rings is 3. The summed E-state index contributed by atoms with van der Waals surface area (Å²) in [6.07, 6.45) is 1.47. The molecule has 3 aromatic carbocycles. The molecule has 0 aliphatic carbocycles. The molecule has 3 aromatic rings. The highest BCUT2D eigenvalue weighted by Gasteiger charge is 2.35. The highest BCUT2D eigenvalue weighted by molar-refractivity contribution is 6.16. The first-order valence-corrected chi connectivity index (χ1v) is 11.7. The van der Waals surface area contributed by atoms with E-state index in [0.717, 1.165) is 10.5 Å². The van der Waals surface area contributed by atoms with Crippen LogP contribution in [0.5, 0.6) is 11.5 Å². The Morgan fingerprint density at radius 2 is 1.63 bits per heavy atom. The fourth-order valence-corrected chi connectivity index (χ4v) is 3.70. The molecule has 38 heavy (non-hydrogen) atoms. The maximum absolute atomic E-state index is 12.8. The van der Waals surface area contributed by atoms with E-state index in [1.807, 2.05) is 31.2 Å². The van der Waals surface area contributed by atoms with Crippen LogP contribution in [0.4, 0.5) is 16.2 Å². The Balaban J connectivity index is 1.38. The first-order chi connectivity index (χ1) is 18.3. The smallest absolute Gasteiger partial charge is 0.329 e. The number of amides is 5. The number of imide groups is 1. The number of ether oxygens (including phenoxy) is 2. The Hall–Kier alpha value is -5.12. The second kappa shape index (κ2) is 11.7. The van der Waals surface area contributed by atoms with Gasteiger partial charge in [-0.3, -0.25) is 14.4 Å². The summed E-state index contributed by atoms with van der Waals surface area (Å²) in [5.41, 5.74) is 2.74. The lowest BCUT2D eigenvalue weighted by molar-refractivity contribution is -0.127. The van der Waals surface area contributed by atoms with Crippen molar-refractivity contribution in [2.75, 3.05) is 30.9 Å². The van der Waals surface area contributed by atoms with E-state index in [2.05, 4.69) is 16.0 Å². The number of carbonyl (C=O) groups excluding carboxylic acids is 4. The quantitative estimate of drug-likeness (QED) is 0.296. The second-order valence-corrected chi connectivity index (χ2v) is 8.41. The van der Waals surface area contributed by atoms with Gasteiger partial charge in [-0.15, -0.1) is 0 Å². The number of urea groups is 1. The first kappa shape index (κ1) is 26.0. The molecule has 0 saturated carbocycles. The van der Waals surface area contributed by atoms with Crippen molar-refractivity contribution in [2.45, 2.75) is 6.92 Å². The number of nitrogens with one attached hydrogen (secondary N) is 3. The van der Waals surface area contributed by atoms with E-state index < -0.39 is 24.4 Å². The molecule has 194 valence electrons. The van der Waals surface area contributed by atoms with Gasteiger partial charge in [-0.1, -0.05) is 36.4 Å². The largest absolute Gasteiger partial charge is 0.493 e. The van der Waals surface area contributed by atoms with Crippen molar-refractivity contribution in [2.24, 2.45) is 0 Å². The molecule has 5 amide bonds. The molecule has 3 N–H and O–H groups in total. The van der Waals surface area contributed by atoms with E-state index in [-0.39, 0.29) is 18.2 Å². The average molecular weight is 515 g/mol. The minimum Gasteiger partial charge on any atom is -0.493 e. The molecule has 10 nitrogen and oxygen atoms in total. The SMILES string of the molecule is COc1cc(/C=C2/NC(=O)N(CC(=O)Nc3cccc(C)c3)C2=O)ccc1OCC(=O)Nc1ccccc1. The minimum absolute atomic E-state index is 0.0105. The lowest BCUT2D eigenvalue weighted by Crippen LogP contribution is -2.38. The average Bonchev–Trinajstić information content (AvgIpc) is 3.15. The summed E-state index contributed by atoms with van der Waals surface area (Å²) >= 11 is 0. The number of hydrogen-bond acceptors (Lipinski definition) is 6. The van der Waals surface area contributed by atoms with Crippen LogP contribution in [-0.4, -0.2) is 48.9 Å². The molecule has 1 heterocycles. The first-order valence-electron chi connectivity index (χ1n) is 11.7. The van der Waals surface area contributed by atoms with Crippen molar-refractivity contribution in [1.29, 1.82) is 0 Å². The van der Waals surface area contributed by atoms with Crippen LogP contribution in [0.15, 0.2) is 78.5 Å². The van der Waals surface area contributed by atoms with Gasteiger partial charge in [0, 0.05) is 11.4 Å². The summed E-state index contributed by atoms with van der Waals surface area (Å²) in [5, 5.41) is 7.89. The Morgan fingerprint density at radius 3 is 2.37 bits per heavy atom. The molecular weight excluding hydrogens is 488 g/mol. The van der Waals surface area contributed by atoms with Gasteiger partial charge >= 0.3 is 6.03 Å². The van der Waals surface area contributed by atoms with Gasteiger partial charge in [0.15, 0.2) is 18.1 Å². The van der Waals surface area contributed by atoms with Crippen LogP contribution in [0, 0.1) is 6.92 Å². The van der Waals surface area contributed by atoms with Gasteiger partial charge in [0.1, 0.15) is 12.2 Å². The number of anilines is 2. The maximum atomic E-state index is 12.8. The van der Waals surface area contributed by atoms with Crippen molar-refractivity contribution >= 4 is 41.2 Å². The molecule has 0 spiro atoms. The normalized spacial score (nSPS) is 13.7. The maximum Gasteiger partial charge on any atom is 0.329 e. The van der Waals surface area contributed by atoms with Crippen molar-refractivity contribution in [3.05, 3.63) is 89.6 Å². The van der Waals surface area contributed by atoms with Crippen LogP contribution in [0.1, 0.15) is 11.1 Å². The molecule has 0 bridgehead atoms. The standard InChI is InChI=1S/C28H26N4O6/c1-18-7-6-10-21(13-18)30-25(33)16-32-27(35)22(31-28(32)36)14-19-11-12-23(24(15-19)37-2)38-17-26(34)29-20-8-4-3-5-9-20/h3-15H,16-17H2,1-2H3,(H,29,34)(H,30,33)(H,31,36)/b22-14+. The monoisotopic (exact) mass is 514 g/mol. The van der Waals surface area contributed by atoms with Crippen molar-refractivity contribution < 1.29 is 28.7 Å². The van der Waals surface area contributed by atoms with Gasteiger partial charge in [-0.05, 0) is 60.5 Å². The van der Waals surface area contributed by atoms with Crippen LogP contribution in [0.2, 0.25) is 0 Å². The molecule has 4 rings (SSSR count). The molecule has 0 unspecified atom stereocenters. The van der Waals surface area contributed by atoms with Crippen molar-refractivity contribution in [1.82, 2.24) is 10.2 Å². The van der Waals surface area contributed by atoms with Gasteiger partial charge in [-0.25, -0.2) is 9.69 Å². The zero-order valence-electron chi connectivity index (χ0n) is 20.8. The molecule has 10 heteroatoms. The lowest BCUT2D eigenvalue weighted by atomic mass is 10.1. The summed E-state index contributed by atoms with van der Waals surface area (Å²) < 4.78 is 11.0. The van der Waals surface area contributed by atoms with Gasteiger partial charge in [0.25, 0.3) is 11.8 Å². The highest BCUT2D eigenvalue weighted by Crippen LogP contribution is 2.29. The molecule has 1 saturated heterocycles. The van der Waals surface area contributed by atoms with E-state index >= 15 is 0 Å². The highest BCUT2D eigenvalue weighted by atomic mass is 16.5. The predicted molar refractivity (Wildman–Crippen MR) is 142 cm³/mol. The Bertz CT molecular complexity index is 1400. The van der Waals surface area contributed by atoms with E-state index in [4.69, 9.17) is 9.47 Å². The fourth-order valence-electron chi connectivity index (χ4n) is 3.70. The summed E-state index contributed by atoms with van der Waals surface area (Å²) in [7, 11) is 1.44. The molecule has 1 aliphatic heterocycles. The number of rotatable bonds is 9. The van der Waals surface area contributed by atoms with E-state index in [1.54, 1.807) is 48.5 Å². The van der Waals surface area contributed by atoms with E-state index in [1.165, 1.54) is 13.2 Å². The Kier molecular flexibility index (Phi) is 8.02. The molecule has 0 aromatic heterocycles. The number of aryl methyl sites for hydroxylation is 1. The molecule has 0 radical (unpaired) electrons. The summed E-state index contributed by atoms with van der Waals surface area (Å²) in [6, 6.07) is 20.3. The molecular formula is C28H26N4O6. The zero-order valence-corrected chi connectivity index (χ0v) is 20.8. The third-order valence-corrected chi connectivity index (χ3v) is 5.48. The zero-order chi connectivity index (χ0) is 27.1. The van der Waals surface area contributed by atoms with Crippen LogP contribution in [0.3, 0.4) is 0 Å². The fraction of sp³-hybridized carbons (Fsp3) is 0.143. The van der Waals surface area contributed by atoms with Crippen molar-refractivity contribution in [3.8, 4) is 11.5 Å². The van der Waals surface area contributed by atoms with E-state index in [0.29, 0.717) is 28.4 Å². The summed E-state index contributed by atoms with van der Waals surface area (Å²) in [4.78, 5) is 50.6. The third-order valence-electron chi connectivity index (χ3n) is 5.48. The molecule has 0 atom stereocenters. The van der Waals surface area contributed by atoms with Crippen LogP contribution >= 0.6 is 0 Å². The third kappa shape index (κ3) is 6.55. The molecule has 1 aliphatic rings. The number of methoxy groups -OCH3 is 1. The van der Waals surface area contributed by atoms with Crippen LogP contribution < -0.4 is 25.4 Å². The number of hydrogen-bond donors (Lipinski definition) is 3. The molecule has 1 fully saturated rings. The lowest BCUT2D eigenvalue weighted by Gasteiger charge is -2.12. The Labute approximate surface area is 219 Å². The topological polar surface area (TPSA) is 126 Å². The number of para-hydroxylation sites is 1. The van der Waals surface area contributed by atoms with Crippen molar-refractivity contribution in [3.63, 3.8) is 0 Å². The number of nitrogens with zero attached hydrogens (tertiary/aromatic N) is 1. The van der Waals surface area contributed by atoms with E-state index in [9.17, 15) is 19.2 Å².